The van der Waals surface area contributed by atoms with Crippen LogP contribution in [0.15, 0.2) is 48.9 Å². The molecule has 2 aromatic heterocycles. The Labute approximate surface area is 185 Å². The van der Waals surface area contributed by atoms with Crippen LogP contribution in [0.5, 0.6) is 0 Å². The topological polar surface area (TPSA) is 53.9 Å². The molecule has 1 aliphatic rings. The molecule has 0 bridgehead atoms. The van der Waals surface area contributed by atoms with Gasteiger partial charge >= 0.3 is 0 Å². The summed E-state index contributed by atoms with van der Waals surface area (Å²) in [6.07, 6.45) is 5.71. The Morgan fingerprint density at radius 3 is 2.53 bits per heavy atom. The number of nitrogens with zero attached hydrogens (tertiary/aromatic N) is 4. The molecule has 4 rings (SSSR count). The van der Waals surface area contributed by atoms with Gasteiger partial charge in [0.2, 0.25) is 5.82 Å². The molecular formula is C24H26F3N5. The van der Waals surface area contributed by atoms with Crippen molar-refractivity contribution in [3.8, 4) is 0 Å². The van der Waals surface area contributed by atoms with Crippen molar-refractivity contribution in [1.29, 1.82) is 0 Å². The summed E-state index contributed by atoms with van der Waals surface area (Å²) in [5.74, 6) is -3.09. The lowest BCUT2D eigenvalue weighted by atomic mass is 10.0. The second-order valence-electron chi connectivity index (χ2n) is 8.09. The van der Waals surface area contributed by atoms with Gasteiger partial charge in [-0.1, -0.05) is 37.3 Å². The number of halogens is 3. The lowest BCUT2D eigenvalue weighted by Crippen LogP contribution is -2.25. The van der Waals surface area contributed by atoms with E-state index in [4.69, 9.17) is 0 Å². The van der Waals surface area contributed by atoms with Crippen LogP contribution < -0.4 is 10.2 Å². The SMILES string of the molecule is CCc1ccc(CNc2ncnc(N3CCCC3c3ccc(C(C)(F)F)cc3)c2F)nc1. The minimum Gasteiger partial charge on any atom is -0.362 e. The van der Waals surface area contributed by atoms with Gasteiger partial charge < -0.3 is 10.2 Å². The van der Waals surface area contributed by atoms with Crippen LogP contribution in [0.25, 0.3) is 0 Å². The number of benzene rings is 1. The first kappa shape index (κ1) is 22.0. The molecule has 1 aromatic carbocycles. The second kappa shape index (κ2) is 9.14. The minimum atomic E-state index is -2.89. The fraction of sp³-hybridized carbons (Fsp3) is 0.375. The predicted octanol–water partition coefficient (Wildman–Crippen LogP) is 5.64. The maximum Gasteiger partial charge on any atom is 0.270 e. The zero-order valence-electron chi connectivity index (χ0n) is 18.2. The molecular weight excluding hydrogens is 415 g/mol. The van der Waals surface area contributed by atoms with Crippen molar-refractivity contribution in [1.82, 2.24) is 15.0 Å². The summed E-state index contributed by atoms with van der Waals surface area (Å²) in [6.45, 7) is 3.91. The molecule has 0 radical (unpaired) electrons. The van der Waals surface area contributed by atoms with E-state index in [1.807, 2.05) is 23.2 Å². The number of aryl methyl sites for hydroxylation is 1. The van der Waals surface area contributed by atoms with E-state index in [9.17, 15) is 8.78 Å². The van der Waals surface area contributed by atoms with Crippen LogP contribution in [-0.2, 0) is 18.9 Å². The Kier molecular flexibility index (Phi) is 6.30. The number of hydrogen-bond donors (Lipinski definition) is 1. The third kappa shape index (κ3) is 4.69. The summed E-state index contributed by atoms with van der Waals surface area (Å²) in [7, 11) is 0. The van der Waals surface area contributed by atoms with Crippen LogP contribution >= 0.6 is 0 Å². The highest BCUT2D eigenvalue weighted by Crippen LogP contribution is 2.38. The monoisotopic (exact) mass is 441 g/mol. The molecule has 3 heterocycles. The second-order valence-corrected chi connectivity index (χ2v) is 8.09. The lowest BCUT2D eigenvalue weighted by Gasteiger charge is -2.27. The maximum absolute atomic E-state index is 15.3. The summed E-state index contributed by atoms with van der Waals surface area (Å²) in [4.78, 5) is 14.5. The normalized spacial score (nSPS) is 16.4. The van der Waals surface area contributed by atoms with Crippen molar-refractivity contribution >= 4 is 11.6 Å². The third-order valence-corrected chi connectivity index (χ3v) is 5.83. The van der Waals surface area contributed by atoms with Gasteiger partial charge in [0.25, 0.3) is 5.92 Å². The molecule has 1 aliphatic heterocycles. The average molecular weight is 442 g/mol. The Balaban J connectivity index is 1.52. The van der Waals surface area contributed by atoms with E-state index in [1.165, 1.54) is 18.5 Å². The zero-order valence-corrected chi connectivity index (χ0v) is 18.2. The summed E-state index contributed by atoms with van der Waals surface area (Å²) in [5.41, 5.74) is 2.75. The smallest absolute Gasteiger partial charge is 0.270 e. The van der Waals surface area contributed by atoms with E-state index in [0.717, 1.165) is 43.0 Å². The minimum absolute atomic E-state index is 0.0360. The predicted molar refractivity (Wildman–Crippen MR) is 118 cm³/mol. The molecule has 1 saturated heterocycles. The van der Waals surface area contributed by atoms with Crippen molar-refractivity contribution in [2.24, 2.45) is 0 Å². The molecule has 32 heavy (non-hydrogen) atoms. The summed E-state index contributed by atoms with van der Waals surface area (Å²) < 4.78 is 42.4. The Hall–Kier alpha value is -3.16. The van der Waals surface area contributed by atoms with Crippen LogP contribution in [0.4, 0.5) is 24.8 Å². The molecule has 3 aromatic rings. The number of hydrogen-bond acceptors (Lipinski definition) is 5. The van der Waals surface area contributed by atoms with E-state index in [1.54, 1.807) is 12.1 Å². The molecule has 0 spiro atoms. The van der Waals surface area contributed by atoms with Crippen LogP contribution in [0.2, 0.25) is 0 Å². The molecule has 8 heteroatoms. The first-order valence-corrected chi connectivity index (χ1v) is 10.8. The molecule has 1 N–H and O–H groups in total. The van der Waals surface area contributed by atoms with Gasteiger partial charge in [-0.05, 0) is 36.5 Å². The van der Waals surface area contributed by atoms with Gasteiger partial charge in [-0.25, -0.2) is 18.7 Å². The molecule has 1 unspecified atom stereocenters. The largest absolute Gasteiger partial charge is 0.362 e. The Bertz CT molecular complexity index is 1050. The highest BCUT2D eigenvalue weighted by atomic mass is 19.3. The van der Waals surface area contributed by atoms with Crippen LogP contribution in [0.1, 0.15) is 55.1 Å². The number of aromatic nitrogens is 3. The van der Waals surface area contributed by atoms with Crippen molar-refractivity contribution in [2.75, 3.05) is 16.8 Å². The first-order valence-electron chi connectivity index (χ1n) is 10.8. The van der Waals surface area contributed by atoms with Crippen molar-refractivity contribution < 1.29 is 13.2 Å². The lowest BCUT2D eigenvalue weighted by molar-refractivity contribution is 0.0174. The third-order valence-electron chi connectivity index (χ3n) is 5.83. The highest BCUT2D eigenvalue weighted by Gasteiger charge is 2.31. The molecule has 1 atom stereocenters. The number of alkyl halides is 2. The van der Waals surface area contributed by atoms with Gasteiger partial charge in [0.15, 0.2) is 11.6 Å². The molecule has 168 valence electrons. The summed E-state index contributed by atoms with van der Waals surface area (Å²) in [6, 6.07) is 10.0. The van der Waals surface area contributed by atoms with E-state index in [2.05, 4.69) is 27.2 Å². The fourth-order valence-corrected chi connectivity index (χ4v) is 3.99. The van der Waals surface area contributed by atoms with Crippen LogP contribution in [-0.4, -0.2) is 21.5 Å². The standard InChI is InChI=1S/C24H26F3N5/c1-3-16-6-11-19(28-13-16)14-29-22-21(25)23(31-15-30-22)32-12-4-5-20(32)17-7-9-18(10-8-17)24(2,26)27/h6-11,13,15,20H,3-5,12,14H2,1-2H3,(H,29,30,31). The summed E-state index contributed by atoms with van der Waals surface area (Å²) in [5, 5.41) is 3.01. The number of anilines is 2. The van der Waals surface area contributed by atoms with E-state index in [-0.39, 0.29) is 23.2 Å². The van der Waals surface area contributed by atoms with Crippen molar-refractivity contribution in [3.63, 3.8) is 0 Å². The Morgan fingerprint density at radius 2 is 1.88 bits per heavy atom. The van der Waals surface area contributed by atoms with Gasteiger partial charge in [0.1, 0.15) is 6.33 Å². The zero-order chi connectivity index (χ0) is 22.7. The van der Waals surface area contributed by atoms with Gasteiger partial charge in [0, 0.05) is 25.2 Å². The summed E-state index contributed by atoms with van der Waals surface area (Å²) >= 11 is 0. The average Bonchev–Trinajstić information content (AvgIpc) is 3.28. The maximum atomic E-state index is 15.3. The number of nitrogens with one attached hydrogen (secondary N) is 1. The molecule has 0 aliphatic carbocycles. The van der Waals surface area contributed by atoms with Crippen LogP contribution in [0.3, 0.4) is 0 Å². The fourth-order valence-electron chi connectivity index (χ4n) is 3.99. The number of rotatable bonds is 7. The molecule has 5 nitrogen and oxygen atoms in total. The quantitative estimate of drug-likeness (QED) is 0.514. The first-order chi connectivity index (χ1) is 15.4. The molecule has 0 amide bonds. The van der Waals surface area contributed by atoms with Gasteiger partial charge in [-0.15, -0.1) is 0 Å². The van der Waals surface area contributed by atoms with Crippen LogP contribution in [0, 0.1) is 5.82 Å². The van der Waals surface area contributed by atoms with E-state index < -0.39 is 11.7 Å². The van der Waals surface area contributed by atoms with Gasteiger partial charge in [-0.2, -0.15) is 4.39 Å². The van der Waals surface area contributed by atoms with Crippen molar-refractivity contribution in [3.05, 3.63) is 77.1 Å². The van der Waals surface area contributed by atoms with E-state index >= 15 is 4.39 Å². The Morgan fingerprint density at radius 1 is 1.09 bits per heavy atom. The highest BCUT2D eigenvalue weighted by molar-refractivity contribution is 5.53. The van der Waals surface area contributed by atoms with E-state index in [0.29, 0.717) is 13.1 Å². The van der Waals surface area contributed by atoms with Crippen molar-refractivity contribution in [2.45, 2.75) is 51.6 Å². The van der Waals surface area contributed by atoms with Gasteiger partial charge in [0.05, 0.1) is 18.3 Å². The molecule has 1 fully saturated rings. The number of pyridine rings is 1. The molecule has 0 saturated carbocycles. The van der Waals surface area contributed by atoms with Gasteiger partial charge in [-0.3, -0.25) is 4.98 Å².